The van der Waals surface area contributed by atoms with Crippen molar-refractivity contribution in [1.82, 2.24) is 24.8 Å². The quantitative estimate of drug-likeness (QED) is 0.399. The second kappa shape index (κ2) is 9.49. The van der Waals surface area contributed by atoms with E-state index in [1.165, 1.54) is 6.33 Å². The van der Waals surface area contributed by atoms with Crippen molar-refractivity contribution < 1.29 is 24.9 Å². The first-order valence-corrected chi connectivity index (χ1v) is 12.0. The lowest BCUT2D eigenvalue weighted by atomic mass is 10.1. The lowest BCUT2D eigenvalue weighted by Crippen LogP contribution is -2.33. The number of hydrogen-bond acceptors (Lipinski definition) is 9. The molecule has 0 aromatic carbocycles. The molecule has 0 spiro atoms. The number of aliphatic hydroxyl groups excluding tert-OH is 3. The summed E-state index contributed by atoms with van der Waals surface area (Å²) >= 11 is 0. The first-order valence-electron chi connectivity index (χ1n) is 12.0. The molecule has 11 nitrogen and oxygen atoms in total. The van der Waals surface area contributed by atoms with Crippen LogP contribution in [-0.4, -0.2) is 71.7 Å². The number of aliphatic hydroxyl groups is 3. The SMILES string of the molecule is O=C(NCc1nc(NC2CCCC2)c2ncn([C@@H]3O[C@H](CO)[C@@H](O)[C@H]3O)c2n1)C1CCCC1. The van der Waals surface area contributed by atoms with Crippen LogP contribution in [0.4, 0.5) is 5.82 Å². The Bertz CT molecular complexity index is 987. The summed E-state index contributed by atoms with van der Waals surface area (Å²) < 4.78 is 7.25. The molecule has 1 amide bonds. The zero-order valence-electron chi connectivity index (χ0n) is 18.6. The van der Waals surface area contributed by atoms with Gasteiger partial charge in [0.15, 0.2) is 29.0 Å². The van der Waals surface area contributed by atoms with Crippen molar-refractivity contribution in [2.24, 2.45) is 5.92 Å². The number of carbonyl (C=O) groups is 1. The Labute approximate surface area is 191 Å². The number of aromatic nitrogens is 4. The molecule has 3 heterocycles. The number of rotatable bonds is 7. The molecule has 2 aromatic heterocycles. The third kappa shape index (κ3) is 4.42. The van der Waals surface area contributed by atoms with Crippen molar-refractivity contribution in [3.05, 3.63) is 12.2 Å². The van der Waals surface area contributed by atoms with E-state index in [9.17, 15) is 20.1 Å². The van der Waals surface area contributed by atoms with E-state index < -0.39 is 31.1 Å². The molecule has 3 aliphatic rings. The van der Waals surface area contributed by atoms with Crippen molar-refractivity contribution in [3.63, 3.8) is 0 Å². The summed E-state index contributed by atoms with van der Waals surface area (Å²) in [4.78, 5) is 26.3. The van der Waals surface area contributed by atoms with Crippen molar-refractivity contribution >= 4 is 22.9 Å². The number of carbonyl (C=O) groups excluding carboxylic acids is 1. The maximum Gasteiger partial charge on any atom is 0.223 e. The number of imidazole rings is 1. The van der Waals surface area contributed by atoms with E-state index in [1.54, 1.807) is 4.57 Å². The summed E-state index contributed by atoms with van der Waals surface area (Å²) in [6.07, 6.45) is 5.61. The van der Waals surface area contributed by atoms with E-state index in [0.29, 0.717) is 28.8 Å². The number of amides is 1. The molecule has 33 heavy (non-hydrogen) atoms. The van der Waals surface area contributed by atoms with Crippen LogP contribution >= 0.6 is 0 Å². The highest BCUT2D eigenvalue weighted by molar-refractivity contribution is 5.83. The zero-order chi connectivity index (χ0) is 22.9. The summed E-state index contributed by atoms with van der Waals surface area (Å²) in [5, 5.41) is 36.6. The minimum Gasteiger partial charge on any atom is -0.394 e. The molecule has 0 radical (unpaired) electrons. The molecule has 11 heteroatoms. The summed E-state index contributed by atoms with van der Waals surface area (Å²) in [5.74, 6) is 1.10. The Hall–Kier alpha value is -2.34. The van der Waals surface area contributed by atoms with Gasteiger partial charge in [-0.25, -0.2) is 15.0 Å². The second-order valence-electron chi connectivity index (χ2n) is 9.37. The lowest BCUT2D eigenvalue weighted by Gasteiger charge is -2.18. The normalized spacial score (nSPS) is 28.7. The minimum atomic E-state index is -1.24. The van der Waals surface area contributed by atoms with Crippen LogP contribution in [0.15, 0.2) is 6.33 Å². The van der Waals surface area contributed by atoms with Gasteiger partial charge in [-0.3, -0.25) is 9.36 Å². The number of ether oxygens (including phenoxy) is 1. The average molecular weight is 461 g/mol. The van der Waals surface area contributed by atoms with Crippen LogP contribution in [0.3, 0.4) is 0 Å². The van der Waals surface area contributed by atoms with Crippen molar-refractivity contribution in [2.75, 3.05) is 11.9 Å². The smallest absolute Gasteiger partial charge is 0.223 e. The molecular formula is C22H32N6O5. The van der Waals surface area contributed by atoms with Gasteiger partial charge in [0.05, 0.1) is 19.5 Å². The summed E-state index contributed by atoms with van der Waals surface area (Å²) in [6.45, 7) is -0.227. The van der Waals surface area contributed by atoms with Gasteiger partial charge >= 0.3 is 0 Å². The predicted molar refractivity (Wildman–Crippen MR) is 118 cm³/mol. The number of fused-ring (bicyclic) bond motifs is 1. The molecule has 1 aliphatic heterocycles. The van der Waals surface area contributed by atoms with Crippen LogP contribution in [0.2, 0.25) is 0 Å². The van der Waals surface area contributed by atoms with Crippen molar-refractivity contribution in [3.8, 4) is 0 Å². The van der Waals surface area contributed by atoms with Gasteiger partial charge in [0, 0.05) is 12.0 Å². The van der Waals surface area contributed by atoms with E-state index in [-0.39, 0.29) is 18.4 Å². The van der Waals surface area contributed by atoms with Gasteiger partial charge in [-0.2, -0.15) is 0 Å². The topological polar surface area (TPSA) is 155 Å². The number of hydrogen-bond donors (Lipinski definition) is 5. The molecule has 4 atom stereocenters. The van der Waals surface area contributed by atoms with Gasteiger partial charge in [0.2, 0.25) is 5.91 Å². The molecule has 0 unspecified atom stereocenters. The Balaban J connectivity index is 1.45. The third-order valence-electron chi connectivity index (χ3n) is 7.10. The van der Waals surface area contributed by atoms with E-state index in [2.05, 4.69) is 25.6 Å². The minimum absolute atomic E-state index is 0.0264. The van der Waals surface area contributed by atoms with E-state index in [0.717, 1.165) is 51.4 Å². The monoisotopic (exact) mass is 460 g/mol. The fourth-order valence-electron chi connectivity index (χ4n) is 5.20. The molecule has 1 saturated heterocycles. The summed E-state index contributed by atoms with van der Waals surface area (Å²) in [5.41, 5.74) is 0.968. The van der Waals surface area contributed by atoms with Crippen LogP contribution in [0.1, 0.15) is 63.4 Å². The van der Waals surface area contributed by atoms with Gasteiger partial charge in [0.1, 0.15) is 18.3 Å². The van der Waals surface area contributed by atoms with Gasteiger partial charge in [-0.05, 0) is 25.7 Å². The molecule has 5 rings (SSSR count). The molecule has 2 aromatic rings. The van der Waals surface area contributed by atoms with Crippen LogP contribution < -0.4 is 10.6 Å². The Morgan fingerprint density at radius 1 is 1.09 bits per heavy atom. The van der Waals surface area contributed by atoms with Gasteiger partial charge < -0.3 is 30.7 Å². The highest BCUT2D eigenvalue weighted by Gasteiger charge is 2.44. The van der Waals surface area contributed by atoms with Gasteiger partial charge in [0.25, 0.3) is 0 Å². The maximum absolute atomic E-state index is 12.5. The molecule has 2 saturated carbocycles. The third-order valence-corrected chi connectivity index (χ3v) is 7.10. The van der Waals surface area contributed by atoms with Crippen LogP contribution in [0, 0.1) is 5.92 Å². The second-order valence-corrected chi connectivity index (χ2v) is 9.37. The fraction of sp³-hybridized carbons (Fsp3) is 0.727. The van der Waals surface area contributed by atoms with E-state index in [4.69, 9.17) is 4.74 Å². The van der Waals surface area contributed by atoms with E-state index in [1.807, 2.05) is 0 Å². The molecule has 180 valence electrons. The standard InChI is InChI=1S/C22H32N6O5/c29-10-14-17(30)18(31)22(33-14)28-11-24-16-19(25-13-7-3-4-8-13)26-15(27-20(16)28)9-23-21(32)12-5-1-2-6-12/h11-14,17-18,22,29-31H,1-10H2,(H,23,32)(H,25,26,27)/t14-,17-,18-,22-/m1/s1. The zero-order valence-corrected chi connectivity index (χ0v) is 18.6. The Morgan fingerprint density at radius 3 is 2.52 bits per heavy atom. The lowest BCUT2D eigenvalue weighted by molar-refractivity contribution is -0.125. The maximum atomic E-state index is 12.5. The highest BCUT2D eigenvalue weighted by Crippen LogP contribution is 2.33. The van der Waals surface area contributed by atoms with Crippen molar-refractivity contribution in [1.29, 1.82) is 0 Å². The summed E-state index contributed by atoms with van der Waals surface area (Å²) in [7, 11) is 0. The first kappa shape index (κ1) is 22.5. The molecule has 2 aliphatic carbocycles. The van der Waals surface area contributed by atoms with Crippen LogP contribution in [0.5, 0.6) is 0 Å². The Kier molecular flexibility index (Phi) is 6.46. The molecule has 5 N–H and O–H groups in total. The fourth-order valence-corrected chi connectivity index (χ4v) is 5.20. The van der Waals surface area contributed by atoms with Crippen LogP contribution in [0.25, 0.3) is 11.2 Å². The van der Waals surface area contributed by atoms with Crippen molar-refractivity contribution in [2.45, 2.75) is 88.5 Å². The number of nitrogens with zero attached hydrogens (tertiary/aromatic N) is 4. The average Bonchev–Trinajstić information content (AvgIpc) is 3.61. The number of anilines is 1. The Morgan fingerprint density at radius 2 is 1.82 bits per heavy atom. The van der Waals surface area contributed by atoms with Gasteiger partial charge in [-0.1, -0.05) is 25.7 Å². The molecule has 3 fully saturated rings. The predicted octanol–water partition coefficient (Wildman–Crippen LogP) is 0.599. The molecule has 0 bridgehead atoms. The van der Waals surface area contributed by atoms with E-state index >= 15 is 0 Å². The largest absolute Gasteiger partial charge is 0.394 e. The highest BCUT2D eigenvalue weighted by atomic mass is 16.6. The molecular weight excluding hydrogens is 428 g/mol. The number of nitrogens with one attached hydrogen (secondary N) is 2. The van der Waals surface area contributed by atoms with Gasteiger partial charge in [-0.15, -0.1) is 0 Å². The first-order chi connectivity index (χ1) is 16.0. The summed E-state index contributed by atoms with van der Waals surface area (Å²) in [6, 6.07) is 0.295. The van der Waals surface area contributed by atoms with Crippen LogP contribution in [-0.2, 0) is 16.1 Å².